The number of Topliss-reactive ketones (excluding diaryl/α,β-unsaturated/α-hetero) is 1. The Morgan fingerprint density at radius 2 is 2.27 bits per heavy atom. The van der Waals surface area contributed by atoms with Crippen LogP contribution < -0.4 is 0 Å². The van der Waals surface area contributed by atoms with Crippen LogP contribution in [0.1, 0.15) is 13.8 Å². The van der Waals surface area contributed by atoms with Crippen LogP contribution in [-0.4, -0.2) is 30.8 Å². The number of carbonyl (C=O) groups is 1. The molecule has 0 saturated carbocycles. The van der Waals surface area contributed by atoms with E-state index in [4.69, 9.17) is 5.26 Å². The molecule has 0 amide bonds. The van der Waals surface area contributed by atoms with Crippen LogP contribution in [0.2, 0.25) is 0 Å². The third-order valence-electron chi connectivity index (χ3n) is 1.30. The molecule has 0 bridgehead atoms. The van der Waals surface area contributed by atoms with E-state index in [9.17, 15) is 4.79 Å². The maximum Gasteiger partial charge on any atom is 0.143 e. The maximum absolute atomic E-state index is 10.6. The Hall–Kier alpha value is -0.880. The second kappa shape index (κ2) is 4.86. The van der Waals surface area contributed by atoms with Crippen LogP contribution in [0.4, 0.5) is 0 Å². The monoisotopic (exact) mass is 154 g/mol. The van der Waals surface area contributed by atoms with Gasteiger partial charge < -0.3 is 0 Å². The van der Waals surface area contributed by atoms with Gasteiger partial charge in [0.1, 0.15) is 5.78 Å². The topological polar surface area (TPSA) is 44.1 Å². The lowest BCUT2D eigenvalue weighted by Gasteiger charge is -2.15. The first-order valence-electron chi connectivity index (χ1n) is 3.64. The quantitative estimate of drug-likeness (QED) is 0.597. The van der Waals surface area contributed by atoms with Crippen molar-refractivity contribution in [2.24, 2.45) is 5.92 Å². The third kappa shape index (κ3) is 5.56. The first-order valence-corrected chi connectivity index (χ1v) is 3.64. The van der Waals surface area contributed by atoms with Crippen molar-refractivity contribution in [3.8, 4) is 6.07 Å². The van der Waals surface area contributed by atoms with Gasteiger partial charge in [-0.1, -0.05) is 0 Å². The molecule has 3 nitrogen and oxygen atoms in total. The van der Waals surface area contributed by atoms with E-state index in [1.165, 1.54) is 0 Å². The van der Waals surface area contributed by atoms with Crippen molar-refractivity contribution in [1.82, 2.24) is 4.90 Å². The van der Waals surface area contributed by atoms with Gasteiger partial charge in [0.25, 0.3) is 0 Å². The molecule has 0 N–H and O–H groups in total. The Morgan fingerprint density at radius 1 is 1.73 bits per heavy atom. The normalized spacial score (nSPS) is 12.6. The molecule has 1 atom stereocenters. The summed E-state index contributed by atoms with van der Waals surface area (Å²) in [6.07, 6.45) is 0. The summed E-state index contributed by atoms with van der Waals surface area (Å²) in [6, 6.07) is 2.12. The minimum atomic E-state index is -0.000602. The molecule has 62 valence electrons. The van der Waals surface area contributed by atoms with Crippen LogP contribution in [0.25, 0.3) is 0 Å². The molecule has 1 unspecified atom stereocenters. The Balaban J connectivity index is 3.62. The van der Waals surface area contributed by atoms with E-state index in [0.29, 0.717) is 13.1 Å². The summed E-state index contributed by atoms with van der Waals surface area (Å²) in [6.45, 7) is 4.49. The molecule has 0 aromatic rings. The number of rotatable bonds is 4. The number of likely N-dealkylation sites (N-methyl/N-ethyl adjacent to an activating group) is 1. The Kier molecular flexibility index (Phi) is 4.47. The predicted octanol–water partition coefficient (Wildman–Crippen LogP) is 0.667. The summed E-state index contributed by atoms with van der Waals surface area (Å²) in [4.78, 5) is 12.5. The van der Waals surface area contributed by atoms with E-state index >= 15 is 0 Å². The summed E-state index contributed by atoms with van der Waals surface area (Å²) in [5, 5.41) is 8.46. The van der Waals surface area contributed by atoms with Gasteiger partial charge in [-0.2, -0.15) is 5.26 Å². The van der Waals surface area contributed by atoms with Crippen molar-refractivity contribution < 1.29 is 4.79 Å². The molecule has 0 aliphatic rings. The van der Waals surface area contributed by atoms with Gasteiger partial charge in [-0.25, -0.2) is 0 Å². The van der Waals surface area contributed by atoms with Crippen molar-refractivity contribution in [2.45, 2.75) is 13.8 Å². The van der Waals surface area contributed by atoms with Gasteiger partial charge in [-0.05, 0) is 20.9 Å². The summed E-state index contributed by atoms with van der Waals surface area (Å²) in [7, 11) is 1.84. The summed E-state index contributed by atoms with van der Waals surface area (Å²) in [5.41, 5.74) is 0. The van der Waals surface area contributed by atoms with E-state index < -0.39 is 0 Å². The molecule has 0 radical (unpaired) electrons. The fourth-order valence-electron chi connectivity index (χ4n) is 0.953. The predicted molar refractivity (Wildman–Crippen MR) is 43.0 cm³/mol. The second-order valence-electron chi connectivity index (χ2n) is 2.93. The molecule has 0 spiro atoms. The van der Waals surface area contributed by atoms with Gasteiger partial charge in [-0.3, -0.25) is 9.69 Å². The zero-order valence-electron chi connectivity index (χ0n) is 7.29. The first kappa shape index (κ1) is 10.1. The molecule has 0 aromatic carbocycles. The number of carbonyl (C=O) groups excluding carboxylic acids is 1. The molecule has 0 fully saturated rings. The molecular formula is C8H14N2O. The van der Waals surface area contributed by atoms with Crippen LogP contribution in [-0.2, 0) is 4.79 Å². The van der Waals surface area contributed by atoms with Crippen molar-refractivity contribution in [2.75, 3.05) is 20.1 Å². The van der Waals surface area contributed by atoms with E-state index in [1.807, 2.05) is 18.9 Å². The molecule has 0 aliphatic heterocycles. The molecule has 0 aliphatic carbocycles. The highest BCUT2D eigenvalue weighted by molar-refractivity contribution is 5.77. The van der Waals surface area contributed by atoms with Gasteiger partial charge in [0.05, 0.1) is 18.5 Å². The summed E-state index contributed by atoms with van der Waals surface area (Å²) < 4.78 is 0. The van der Waals surface area contributed by atoms with E-state index in [2.05, 4.69) is 6.07 Å². The van der Waals surface area contributed by atoms with Gasteiger partial charge in [0, 0.05) is 6.54 Å². The van der Waals surface area contributed by atoms with E-state index in [-0.39, 0.29) is 11.7 Å². The van der Waals surface area contributed by atoms with Crippen LogP contribution in [0.5, 0.6) is 0 Å². The smallest absolute Gasteiger partial charge is 0.143 e. The maximum atomic E-state index is 10.6. The first-order chi connectivity index (χ1) is 5.06. The lowest BCUT2D eigenvalue weighted by atomic mass is 10.2. The Bertz CT molecular complexity index is 171. The third-order valence-corrected chi connectivity index (χ3v) is 1.30. The minimum Gasteiger partial charge on any atom is -0.299 e. The fourth-order valence-corrected chi connectivity index (χ4v) is 0.953. The van der Waals surface area contributed by atoms with Crippen LogP contribution >= 0.6 is 0 Å². The number of hydrogen-bond acceptors (Lipinski definition) is 3. The molecule has 0 saturated heterocycles. The lowest BCUT2D eigenvalue weighted by Crippen LogP contribution is -2.28. The zero-order valence-corrected chi connectivity index (χ0v) is 7.29. The molecule has 11 heavy (non-hydrogen) atoms. The lowest BCUT2D eigenvalue weighted by molar-refractivity contribution is -0.117. The van der Waals surface area contributed by atoms with Gasteiger partial charge >= 0.3 is 0 Å². The minimum absolute atomic E-state index is 0.000602. The SMILES string of the molecule is CC(=O)CN(C)CC(C)C#N. The van der Waals surface area contributed by atoms with Crippen LogP contribution in [0.15, 0.2) is 0 Å². The van der Waals surface area contributed by atoms with Gasteiger partial charge in [-0.15, -0.1) is 0 Å². The molecule has 0 rings (SSSR count). The number of nitrogens with zero attached hydrogens (tertiary/aromatic N) is 2. The van der Waals surface area contributed by atoms with E-state index in [0.717, 1.165) is 0 Å². The fraction of sp³-hybridized carbons (Fsp3) is 0.750. The number of hydrogen-bond donors (Lipinski definition) is 0. The van der Waals surface area contributed by atoms with Crippen LogP contribution in [0.3, 0.4) is 0 Å². The van der Waals surface area contributed by atoms with E-state index in [1.54, 1.807) is 6.92 Å². The van der Waals surface area contributed by atoms with Gasteiger partial charge in [0.2, 0.25) is 0 Å². The van der Waals surface area contributed by atoms with Crippen molar-refractivity contribution >= 4 is 5.78 Å². The highest BCUT2D eigenvalue weighted by Crippen LogP contribution is 1.94. The standard InChI is InChI=1S/C8H14N2O/c1-7(4-9)5-10(3)6-8(2)11/h7H,5-6H2,1-3H3. The van der Waals surface area contributed by atoms with Crippen molar-refractivity contribution in [3.63, 3.8) is 0 Å². The van der Waals surface area contributed by atoms with Crippen molar-refractivity contribution in [3.05, 3.63) is 0 Å². The summed E-state index contributed by atoms with van der Waals surface area (Å²) >= 11 is 0. The average Bonchev–Trinajstić information content (AvgIpc) is 1.85. The van der Waals surface area contributed by atoms with Crippen molar-refractivity contribution in [1.29, 1.82) is 5.26 Å². The number of ketones is 1. The highest BCUT2D eigenvalue weighted by Gasteiger charge is 2.05. The highest BCUT2D eigenvalue weighted by atomic mass is 16.1. The Morgan fingerprint density at radius 3 is 2.64 bits per heavy atom. The summed E-state index contributed by atoms with van der Waals surface area (Å²) in [5.74, 6) is 0.136. The Labute approximate surface area is 67.6 Å². The molecule has 0 heterocycles. The largest absolute Gasteiger partial charge is 0.299 e. The van der Waals surface area contributed by atoms with Gasteiger partial charge in [0.15, 0.2) is 0 Å². The molecular weight excluding hydrogens is 140 g/mol. The molecule has 3 heteroatoms. The average molecular weight is 154 g/mol. The second-order valence-corrected chi connectivity index (χ2v) is 2.93. The zero-order chi connectivity index (χ0) is 8.85. The number of nitriles is 1. The molecule has 0 aromatic heterocycles. The van der Waals surface area contributed by atoms with Crippen LogP contribution in [0, 0.1) is 17.2 Å².